The van der Waals surface area contributed by atoms with E-state index in [2.05, 4.69) is 0 Å². The number of hydrogen-bond donors (Lipinski definition) is 2. The van der Waals surface area contributed by atoms with E-state index < -0.39 is 11.9 Å². The van der Waals surface area contributed by atoms with Crippen molar-refractivity contribution in [1.82, 2.24) is 0 Å². The topological polar surface area (TPSA) is 74.6 Å². The predicted molar refractivity (Wildman–Crippen MR) is 47.6 cm³/mol. The summed E-state index contributed by atoms with van der Waals surface area (Å²) in [7, 11) is 0. The molecule has 85 valence electrons. The van der Waals surface area contributed by atoms with Gasteiger partial charge in [0.25, 0.3) is 0 Å². The molecular weight excluding hydrogens is 231 g/mol. The Hall–Kier alpha value is -0.554. The van der Waals surface area contributed by atoms with E-state index in [4.69, 9.17) is 10.2 Å². The van der Waals surface area contributed by atoms with Gasteiger partial charge in [-0.3, -0.25) is 9.59 Å². The smallest absolute Gasteiger partial charge is 0.303 e. The molecule has 0 aromatic carbocycles. The standard InChI is InChI=1S/C9H16O4.Co/c10-8(11)6-4-2-1-3-5-7-9(12)13;/h1-7H2,(H,10,11)(H,12,13);. The number of hydrogen-bond acceptors (Lipinski definition) is 2. The summed E-state index contributed by atoms with van der Waals surface area (Å²) in [4.78, 5) is 20.2. The van der Waals surface area contributed by atoms with Crippen LogP contribution in [0.3, 0.4) is 0 Å². The zero-order valence-electron chi connectivity index (χ0n) is 7.99. The van der Waals surface area contributed by atoms with Crippen LogP contribution in [0.2, 0.25) is 0 Å². The SMILES string of the molecule is O=C(O)CCCCCCCC(=O)O.[Co]. The van der Waals surface area contributed by atoms with Crippen molar-refractivity contribution in [3.8, 4) is 0 Å². The van der Waals surface area contributed by atoms with Crippen LogP contribution in [0, 0.1) is 0 Å². The minimum atomic E-state index is -0.759. The summed E-state index contributed by atoms with van der Waals surface area (Å²) in [5.74, 6) is -1.52. The van der Waals surface area contributed by atoms with Crippen LogP contribution in [-0.4, -0.2) is 22.2 Å². The fraction of sp³-hybridized carbons (Fsp3) is 0.778. The van der Waals surface area contributed by atoms with E-state index in [1.807, 2.05) is 0 Å². The number of carbonyl (C=O) groups is 2. The molecule has 0 spiro atoms. The third-order valence-corrected chi connectivity index (χ3v) is 1.78. The summed E-state index contributed by atoms with van der Waals surface area (Å²) in [5.41, 5.74) is 0. The summed E-state index contributed by atoms with van der Waals surface area (Å²) in [5, 5.41) is 16.6. The molecular formula is C9H16CoO4. The van der Waals surface area contributed by atoms with Crippen LogP contribution in [0.5, 0.6) is 0 Å². The molecule has 0 aliphatic heterocycles. The Morgan fingerprint density at radius 3 is 1.29 bits per heavy atom. The fourth-order valence-electron chi connectivity index (χ4n) is 1.08. The zero-order chi connectivity index (χ0) is 10.1. The Labute approximate surface area is 93.9 Å². The number of unbranched alkanes of at least 4 members (excludes halogenated alkanes) is 4. The molecule has 2 N–H and O–H groups in total. The second-order valence-electron chi connectivity index (χ2n) is 3.06. The molecule has 4 nitrogen and oxygen atoms in total. The molecule has 0 bridgehead atoms. The quantitative estimate of drug-likeness (QED) is 0.642. The third-order valence-electron chi connectivity index (χ3n) is 1.78. The average Bonchev–Trinajstić information content (AvgIpc) is 2.01. The molecule has 0 aliphatic rings. The van der Waals surface area contributed by atoms with Crippen molar-refractivity contribution < 1.29 is 36.6 Å². The maximum atomic E-state index is 10.1. The second-order valence-corrected chi connectivity index (χ2v) is 3.06. The van der Waals surface area contributed by atoms with E-state index in [1.54, 1.807) is 0 Å². The van der Waals surface area contributed by atoms with Crippen molar-refractivity contribution in [2.45, 2.75) is 44.9 Å². The number of carboxylic acid groups (broad SMARTS) is 2. The van der Waals surface area contributed by atoms with Crippen molar-refractivity contribution in [2.24, 2.45) is 0 Å². The molecule has 0 atom stereocenters. The van der Waals surface area contributed by atoms with Crippen LogP contribution >= 0.6 is 0 Å². The molecule has 0 aliphatic carbocycles. The van der Waals surface area contributed by atoms with Gasteiger partial charge < -0.3 is 10.2 Å². The van der Waals surface area contributed by atoms with Crippen molar-refractivity contribution in [2.75, 3.05) is 0 Å². The van der Waals surface area contributed by atoms with Gasteiger partial charge in [0.1, 0.15) is 0 Å². The third kappa shape index (κ3) is 14.0. The van der Waals surface area contributed by atoms with E-state index in [1.165, 1.54) is 0 Å². The van der Waals surface area contributed by atoms with E-state index in [-0.39, 0.29) is 29.6 Å². The minimum Gasteiger partial charge on any atom is -0.481 e. The zero-order valence-corrected chi connectivity index (χ0v) is 9.04. The summed E-state index contributed by atoms with van der Waals surface area (Å²) in [6.07, 6.45) is 4.53. The Balaban J connectivity index is 0. The van der Waals surface area contributed by atoms with E-state index >= 15 is 0 Å². The molecule has 0 saturated carbocycles. The van der Waals surface area contributed by atoms with Gasteiger partial charge in [-0.25, -0.2) is 0 Å². The van der Waals surface area contributed by atoms with Gasteiger partial charge in [0, 0.05) is 29.6 Å². The molecule has 0 heterocycles. The van der Waals surface area contributed by atoms with Gasteiger partial charge in [0.2, 0.25) is 0 Å². The molecule has 0 saturated heterocycles. The van der Waals surface area contributed by atoms with Crippen molar-refractivity contribution in [3.05, 3.63) is 0 Å². The molecule has 0 amide bonds. The molecule has 0 rings (SSSR count). The summed E-state index contributed by atoms with van der Waals surface area (Å²) in [6, 6.07) is 0. The molecule has 1 radical (unpaired) electrons. The number of rotatable bonds is 8. The van der Waals surface area contributed by atoms with Crippen LogP contribution < -0.4 is 0 Å². The monoisotopic (exact) mass is 247 g/mol. The summed E-state index contributed by atoms with van der Waals surface area (Å²) < 4.78 is 0. The molecule has 0 aromatic heterocycles. The minimum absolute atomic E-state index is 0. The first-order chi connectivity index (χ1) is 6.13. The number of aliphatic carboxylic acids is 2. The average molecular weight is 247 g/mol. The van der Waals surface area contributed by atoms with Gasteiger partial charge in [-0.15, -0.1) is 0 Å². The van der Waals surface area contributed by atoms with E-state index in [9.17, 15) is 9.59 Å². The first-order valence-corrected chi connectivity index (χ1v) is 4.56. The Kier molecular flexibility index (Phi) is 12.0. The Bertz CT molecular complexity index is 152. The first kappa shape index (κ1) is 15.9. The van der Waals surface area contributed by atoms with Gasteiger partial charge >= 0.3 is 11.9 Å². The summed E-state index contributed by atoms with van der Waals surface area (Å²) >= 11 is 0. The van der Waals surface area contributed by atoms with Crippen LogP contribution in [0.15, 0.2) is 0 Å². The van der Waals surface area contributed by atoms with Crippen LogP contribution in [0.4, 0.5) is 0 Å². The van der Waals surface area contributed by atoms with Crippen LogP contribution in [0.1, 0.15) is 44.9 Å². The van der Waals surface area contributed by atoms with Gasteiger partial charge in [-0.05, 0) is 12.8 Å². The maximum Gasteiger partial charge on any atom is 0.303 e. The van der Waals surface area contributed by atoms with Gasteiger partial charge in [-0.1, -0.05) is 19.3 Å². The number of carboxylic acids is 2. The largest absolute Gasteiger partial charge is 0.481 e. The molecule has 0 unspecified atom stereocenters. The maximum absolute atomic E-state index is 10.1. The van der Waals surface area contributed by atoms with Gasteiger partial charge in [0.05, 0.1) is 0 Å². The molecule has 0 fully saturated rings. The second kappa shape index (κ2) is 10.5. The van der Waals surface area contributed by atoms with Crippen LogP contribution in [-0.2, 0) is 26.4 Å². The predicted octanol–water partition coefficient (Wildman–Crippen LogP) is 1.88. The normalized spacial score (nSPS) is 9.14. The van der Waals surface area contributed by atoms with Crippen LogP contribution in [0.25, 0.3) is 0 Å². The Morgan fingerprint density at radius 2 is 1.00 bits per heavy atom. The van der Waals surface area contributed by atoms with E-state index in [0.29, 0.717) is 12.8 Å². The van der Waals surface area contributed by atoms with Crippen molar-refractivity contribution in [1.29, 1.82) is 0 Å². The summed E-state index contributed by atoms with van der Waals surface area (Å²) in [6.45, 7) is 0. The van der Waals surface area contributed by atoms with E-state index in [0.717, 1.165) is 19.3 Å². The fourth-order valence-corrected chi connectivity index (χ4v) is 1.08. The molecule has 0 aromatic rings. The first-order valence-electron chi connectivity index (χ1n) is 4.56. The van der Waals surface area contributed by atoms with Crippen molar-refractivity contribution >= 4 is 11.9 Å². The van der Waals surface area contributed by atoms with Crippen molar-refractivity contribution in [3.63, 3.8) is 0 Å². The molecule has 5 heteroatoms. The molecule has 14 heavy (non-hydrogen) atoms. The Morgan fingerprint density at radius 1 is 0.714 bits per heavy atom. The van der Waals surface area contributed by atoms with Gasteiger partial charge in [0.15, 0.2) is 0 Å². The van der Waals surface area contributed by atoms with Gasteiger partial charge in [-0.2, -0.15) is 0 Å².